The number of isocyanates is 1. The standard InChI is InChI=1S/C13H12N2O2/c1-17-11-5-4-10-3-2-6-13(8-14,15-9-16)12(10)7-11/h4-5,7H,2-3,6H2,1H3. The van der Waals surface area contributed by atoms with E-state index in [9.17, 15) is 10.1 Å². The number of nitriles is 1. The van der Waals surface area contributed by atoms with E-state index >= 15 is 0 Å². The first kappa shape index (κ1) is 11.4. The van der Waals surface area contributed by atoms with Crippen molar-refractivity contribution in [2.24, 2.45) is 4.99 Å². The van der Waals surface area contributed by atoms with Gasteiger partial charge in [0.05, 0.1) is 13.2 Å². The average molecular weight is 228 g/mol. The molecule has 0 bridgehead atoms. The molecule has 4 nitrogen and oxygen atoms in total. The number of hydrogen-bond acceptors (Lipinski definition) is 4. The second kappa shape index (κ2) is 4.40. The fraction of sp³-hybridized carbons (Fsp3) is 0.385. The third-order valence-electron chi connectivity index (χ3n) is 3.17. The summed E-state index contributed by atoms with van der Waals surface area (Å²) in [6, 6.07) is 7.72. The van der Waals surface area contributed by atoms with Crippen LogP contribution in [0.15, 0.2) is 23.2 Å². The third-order valence-corrected chi connectivity index (χ3v) is 3.17. The minimum atomic E-state index is -1.08. The Kier molecular flexibility index (Phi) is 2.95. The summed E-state index contributed by atoms with van der Waals surface area (Å²) in [6.45, 7) is 0. The Morgan fingerprint density at radius 2 is 2.35 bits per heavy atom. The number of hydrogen-bond donors (Lipinski definition) is 0. The molecule has 1 aromatic rings. The molecule has 4 heteroatoms. The van der Waals surface area contributed by atoms with Crippen LogP contribution in [0.5, 0.6) is 5.75 Å². The van der Waals surface area contributed by atoms with Crippen molar-refractivity contribution in [3.8, 4) is 11.8 Å². The number of benzene rings is 1. The summed E-state index contributed by atoms with van der Waals surface area (Å²) in [5.41, 5.74) is 0.746. The van der Waals surface area contributed by atoms with Crippen molar-refractivity contribution < 1.29 is 9.53 Å². The molecule has 0 fully saturated rings. The molecule has 1 aliphatic carbocycles. The maximum Gasteiger partial charge on any atom is 0.236 e. The van der Waals surface area contributed by atoms with E-state index in [-0.39, 0.29) is 0 Å². The smallest absolute Gasteiger partial charge is 0.236 e. The quantitative estimate of drug-likeness (QED) is 0.575. The van der Waals surface area contributed by atoms with Crippen LogP contribution >= 0.6 is 0 Å². The number of rotatable bonds is 2. The molecular formula is C13H12N2O2. The number of nitrogens with zero attached hydrogens (tertiary/aromatic N) is 2. The van der Waals surface area contributed by atoms with E-state index in [2.05, 4.69) is 11.1 Å². The SMILES string of the molecule is COc1ccc2c(c1)C(C#N)(N=C=O)CCC2. The van der Waals surface area contributed by atoms with Crippen molar-refractivity contribution >= 4 is 6.08 Å². The van der Waals surface area contributed by atoms with E-state index in [1.165, 1.54) is 6.08 Å². The number of fused-ring (bicyclic) bond motifs is 1. The van der Waals surface area contributed by atoms with E-state index < -0.39 is 5.54 Å². The zero-order chi connectivity index (χ0) is 12.3. The molecule has 0 N–H and O–H groups in total. The fourth-order valence-corrected chi connectivity index (χ4v) is 2.29. The first-order chi connectivity index (χ1) is 8.25. The normalized spacial score (nSPS) is 21.9. The van der Waals surface area contributed by atoms with Gasteiger partial charge in [-0.05, 0) is 37.0 Å². The largest absolute Gasteiger partial charge is 0.497 e. The van der Waals surface area contributed by atoms with Gasteiger partial charge in [0.15, 0.2) is 5.54 Å². The number of methoxy groups -OCH3 is 1. The molecule has 0 aromatic heterocycles. The summed E-state index contributed by atoms with van der Waals surface area (Å²) < 4.78 is 5.15. The van der Waals surface area contributed by atoms with Crippen LogP contribution < -0.4 is 4.74 Å². The van der Waals surface area contributed by atoms with Crippen LogP contribution in [0.25, 0.3) is 0 Å². The Bertz CT molecular complexity index is 527. The lowest BCUT2D eigenvalue weighted by Crippen LogP contribution is -2.27. The van der Waals surface area contributed by atoms with Crippen molar-refractivity contribution in [3.05, 3.63) is 29.3 Å². The summed E-state index contributed by atoms with van der Waals surface area (Å²) in [5.74, 6) is 0.673. The second-order valence-electron chi connectivity index (χ2n) is 4.05. The fourth-order valence-electron chi connectivity index (χ4n) is 2.29. The van der Waals surface area contributed by atoms with Crippen molar-refractivity contribution in [1.82, 2.24) is 0 Å². The molecule has 0 saturated carbocycles. The van der Waals surface area contributed by atoms with Crippen molar-refractivity contribution in [2.75, 3.05) is 7.11 Å². The van der Waals surface area contributed by atoms with Crippen molar-refractivity contribution in [2.45, 2.75) is 24.8 Å². The lowest BCUT2D eigenvalue weighted by molar-refractivity contribution is 0.408. The molecular weight excluding hydrogens is 216 g/mol. The van der Waals surface area contributed by atoms with Crippen LogP contribution in [0, 0.1) is 11.3 Å². The highest BCUT2D eigenvalue weighted by atomic mass is 16.5. The van der Waals surface area contributed by atoms with Gasteiger partial charge >= 0.3 is 0 Å². The predicted molar refractivity (Wildman–Crippen MR) is 61.3 cm³/mol. The summed E-state index contributed by atoms with van der Waals surface area (Å²) in [5, 5.41) is 9.32. The number of carbonyl (C=O) groups excluding carboxylic acids is 1. The van der Waals surface area contributed by atoms with Gasteiger partial charge in [0.2, 0.25) is 6.08 Å². The predicted octanol–water partition coefficient (Wildman–Crippen LogP) is 2.09. The highest BCUT2D eigenvalue weighted by Crippen LogP contribution is 2.39. The van der Waals surface area contributed by atoms with Crippen molar-refractivity contribution in [1.29, 1.82) is 5.26 Å². The van der Waals surface area contributed by atoms with Crippen LogP contribution in [0.2, 0.25) is 0 Å². The summed E-state index contributed by atoms with van der Waals surface area (Å²) in [6.07, 6.45) is 3.82. The summed E-state index contributed by atoms with van der Waals surface area (Å²) in [4.78, 5) is 14.3. The van der Waals surface area contributed by atoms with E-state index in [1.807, 2.05) is 12.1 Å². The maximum absolute atomic E-state index is 10.5. The molecule has 1 aromatic carbocycles. The van der Waals surface area contributed by atoms with Gasteiger partial charge in [-0.3, -0.25) is 0 Å². The van der Waals surface area contributed by atoms with Crippen LogP contribution in [-0.4, -0.2) is 13.2 Å². The van der Waals surface area contributed by atoms with E-state index in [1.54, 1.807) is 13.2 Å². The molecule has 0 amide bonds. The van der Waals surface area contributed by atoms with Crippen LogP contribution in [-0.2, 0) is 16.8 Å². The van der Waals surface area contributed by atoms with Crippen LogP contribution in [0.4, 0.5) is 0 Å². The average Bonchev–Trinajstić information content (AvgIpc) is 2.39. The van der Waals surface area contributed by atoms with Gasteiger partial charge in [-0.2, -0.15) is 10.3 Å². The zero-order valence-corrected chi connectivity index (χ0v) is 9.56. The molecule has 0 aliphatic heterocycles. The number of aryl methyl sites for hydroxylation is 1. The Morgan fingerprint density at radius 1 is 1.53 bits per heavy atom. The first-order valence-corrected chi connectivity index (χ1v) is 5.43. The highest BCUT2D eigenvalue weighted by molar-refractivity contribution is 5.49. The maximum atomic E-state index is 10.5. The Balaban J connectivity index is 2.63. The van der Waals surface area contributed by atoms with E-state index in [0.29, 0.717) is 12.2 Å². The molecule has 1 atom stereocenters. The van der Waals surface area contributed by atoms with Gasteiger partial charge in [-0.15, -0.1) is 0 Å². The molecule has 1 unspecified atom stereocenters. The topological polar surface area (TPSA) is 62.4 Å². The zero-order valence-electron chi connectivity index (χ0n) is 9.56. The lowest BCUT2D eigenvalue weighted by Gasteiger charge is -2.28. The molecule has 0 radical (unpaired) electrons. The Labute approximate surface area is 99.5 Å². The summed E-state index contributed by atoms with van der Waals surface area (Å²) in [7, 11) is 1.57. The monoisotopic (exact) mass is 228 g/mol. The highest BCUT2D eigenvalue weighted by Gasteiger charge is 2.37. The minimum Gasteiger partial charge on any atom is -0.497 e. The van der Waals surface area contributed by atoms with Crippen molar-refractivity contribution in [3.63, 3.8) is 0 Å². The molecule has 17 heavy (non-hydrogen) atoms. The third kappa shape index (κ3) is 1.82. The Morgan fingerprint density at radius 3 is 3.00 bits per heavy atom. The lowest BCUT2D eigenvalue weighted by atomic mass is 9.78. The number of ether oxygens (including phenoxy) is 1. The molecule has 0 saturated heterocycles. The van der Waals surface area contributed by atoms with Gasteiger partial charge in [0.25, 0.3) is 0 Å². The molecule has 86 valence electrons. The number of aliphatic imine (C=N–C) groups is 1. The van der Waals surface area contributed by atoms with E-state index in [4.69, 9.17) is 4.74 Å². The molecule has 1 aliphatic rings. The van der Waals surface area contributed by atoms with Crippen LogP contribution in [0.3, 0.4) is 0 Å². The minimum absolute atomic E-state index is 0.554. The van der Waals surface area contributed by atoms with Gasteiger partial charge < -0.3 is 4.74 Å². The molecule has 2 rings (SSSR count). The van der Waals surface area contributed by atoms with Gasteiger partial charge in [0.1, 0.15) is 5.75 Å². The van der Waals surface area contributed by atoms with E-state index in [0.717, 1.165) is 24.0 Å². The molecule has 0 heterocycles. The van der Waals surface area contributed by atoms with Gasteiger partial charge in [-0.1, -0.05) is 6.07 Å². The van der Waals surface area contributed by atoms with Gasteiger partial charge in [0, 0.05) is 5.56 Å². The molecule has 0 spiro atoms. The first-order valence-electron chi connectivity index (χ1n) is 5.43. The van der Waals surface area contributed by atoms with Crippen LogP contribution in [0.1, 0.15) is 24.0 Å². The summed E-state index contributed by atoms with van der Waals surface area (Å²) >= 11 is 0. The van der Waals surface area contributed by atoms with Gasteiger partial charge in [-0.25, -0.2) is 4.79 Å². The second-order valence-corrected chi connectivity index (χ2v) is 4.05. The Hall–Kier alpha value is -2.11.